The van der Waals surface area contributed by atoms with E-state index in [1.807, 2.05) is 10.6 Å². The lowest BCUT2D eigenvalue weighted by atomic mass is 9.91. The molecule has 1 aliphatic rings. The zero-order valence-corrected chi connectivity index (χ0v) is 11.8. The van der Waals surface area contributed by atoms with Crippen molar-refractivity contribution in [1.29, 1.82) is 5.26 Å². The number of nitrogens with two attached hydrogens (primary N) is 1. The van der Waals surface area contributed by atoms with E-state index in [-0.39, 0.29) is 30.2 Å². The van der Waals surface area contributed by atoms with Crippen LogP contribution in [0.4, 0.5) is 0 Å². The topological polar surface area (TPSA) is 87.6 Å². The molecular formula is C14H17ClN4O. The zero-order valence-electron chi connectivity index (χ0n) is 11.0. The average molecular weight is 293 g/mol. The number of nitrogens with zero attached hydrogens (tertiary/aromatic N) is 2. The fraction of sp³-hybridized carbons (Fsp3) is 0.429. The predicted octanol–water partition coefficient (Wildman–Crippen LogP) is 2.07. The van der Waals surface area contributed by atoms with Crippen molar-refractivity contribution < 1.29 is 0 Å². The summed E-state index contributed by atoms with van der Waals surface area (Å²) in [6.45, 7) is 0. The van der Waals surface area contributed by atoms with Crippen LogP contribution in [0.25, 0.3) is 11.0 Å². The summed E-state index contributed by atoms with van der Waals surface area (Å²) in [6, 6.07) is 7.89. The summed E-state index contributed by atoms with van der Waals surface area (Å²) in [5, 5.41) is 8.89. The maximum Gasteiger partial charge on any atom is 0.326 e. The highest BCUT2D eigenvalue weighted by molar-refractivity contribution is 5.85. The Morgan fingerprint density at radius 2 is 2.00 bits per heavy atom. The van der Waals surface area contributed by atoms with Gasteiger partial charge in [-0.3, -0.25) is 4.57 Å². The van der Waals surface area contributed by atoms with E-state index in [2.05, 4.69) is 11.1 Å². The molecule has 0 bridgehead atoms. The quantitative estimate of drug-likeness (QED) is 0.843. The summed E-state index contributed by atoms with van der Waals surface area (Å²) in [6.07, 6.45) is 3.79. The summed E-state index contributed by atoms with van der Waals surface area (Å²) in [7, 11) is 0. The van der Waals surface area contributed by atoms with Crippen LogP contribution in [0, 0.1) is 11.3 Å². The minimum absolute atomic E-state index is 0. The van der Waals surface area contributed by atoms with E-state index in [0.29, 0.717) is 5.56 Å². The molecule has 0 amide bonds. The van der Waals surface area contributed by atoms with Gasteiger partial charge in [-0.2, -0.15) is 5.26 Å². The van der Waals surface area contributed by atoms with Gasteiger partial charge in [0.05, 0.1) is 22.7 Å². The number of halogens is 1. The summed E-state index contributed by atoms with van der Waals surface area (Å²) in [5.74, 6) is 0. The average Bonchev–Trinajstić information content (AvgIpc) is 2.74. The van der Waals surface area contributed by atoms with Gasteiger partial charge in [-0.25, -0.2) is 4.79 Å². The lowest BCUT2D eigenvalue weighted by Gasteiger charge is -2.26. The molecule has 0 spiro atoms. The number of nitriles is 1. The van der Waals surface area contributed by atoms with Gasteiger partial charge >= 0.3 is 5.69 Å². The molecule has 3 N–H and O–H groups in total. The molecule has 0 radical (unpaired) electrons. The van der Waals surface area contributed by atoms with Crippen LogP contribution in [0.2, 0.25) is 0 Å². The SMILES string of the molecule is Cl.N#Cc1ccc2c(c1)[nH]c(=O)n2C1CCC(N)CC1. The van der Waals surface area contributed by atoms with Crippen LogP contribution in [0.1, 0.15) is 37.3 Å². The first-order valence-corrected chi connectivity index (χ1v) is 6.59. The first kappa shape index (κ1) is 14.6. The van der Waals surface area contributed by atoms with Crippen molar-refractivity contribution in [2.75, 3.05) is 0 Å². The van der Waals surface area contributed by atoms with Crippen LogP contribution in [0.5, 0.6) is 0 Å². The minimum atomic E-state index is -0.0921. The minimum Gasteiger partial charge on any atom is -0.328 e. The molecule has 1 fully saturated rings. The van der Waals surface area contributed by atoms with Gasteiger partial charge in [-0.1, -0.05) is 0 Å². The molecule has 1 heterocycles. The van der Waals surface area contributed by atoms with Crippen molar-refractivity contribution in [2.24, 2.45) is 5.73 Å². The van der Waals surface area contributed by atoms with E-state index in [9.17, 15) is 4.79 Å². The fourth-order valence-electron chi connectivity index (χ4n) is 2.92. The number of hydrogen-bond donors (Lipinski definition) is 2. The van der Waals surface area contributed by atoms with Crippen LogP contribution in [-0.2, 0) is 0 Å². The number of hydrogen-bond acceptors (Lipinski definition) is 3. The third kappa shape index (κ3) is 2.45. The number of benzene rings is 1. The van der Waals surface area contributed by atoms with Crippen LogP contribution in [0.3, 0.4) is 0 Å². The number of H-pyrrole nitrogens is 1. The normalized spacial score (nSPS) is 22.2. The van der Waals surface area contributed by atoms with Gasteiger partial charge in [0.25, 0.3) is 0 Å². The molecule has 20 heavy (non-hydrogen) atoms. The monoisotopic (exact) mass is 292 g/mol. The number of aromatic amines is 1. The van der Waals surface area contributed by atoms with E-state index >= 15 is 0 Å². The number of nitrogens with one attached hydrogen (secondary N) is 1. The summed E-state index contributed by atoms with van der Waals surface area (Å²) in [5.41, 5.74) is 7.99. The molecule has 6 heteroatoms. The molecule has 5 nitrogen and oxygen atoms in total. The molecule has 1 aromatic heterocycles. The second-order valence-corrected chi connectivity index (χ2v) is 5.21. The lowest BCUT2D eigenvalue weighted by molar-refractivity contribution is 0.324. The van der Waals surface area contributed by atoms with Crippen LogP contribution in [-0.4, -0.2) is 15.6 Å². The molecule has 0 aliphatic heterocycles. The molecule has 1 saturated carbocycles. The molecule has 0 unspecified atom stereocenters. The highest BCUT2D eigenvalue weighted by Crippen LogP contribution is 2.29. The van der Waals surface area contributed by atoms with Crippen molar-refractivity contribution >= 4 is 23.4 Å². The van der Waals surface area contributed by atoms with Gasteiger partial charge < -0.3 is 10.7 Å². The Kier molecular flexibility index (Phi) is 4.17. The van der Waals surface area contributed by atoms with E-state index in [0.717, 1.165) is 36.7 Å². The Labute approximate surface area is 122 Å². The van der Waals surface area contributed by atoms with Gasteiger partial charge in [0.2, 0.25) is 0 Å². The summed E-state index contributed by atoms with van der Waals surface area (Å²) in [4.78, 5) is 14.9. The van der Waals surface area contributed by atoms with Gasteiger partial charge in [0.1, 0.15) is 0 Å². The molecule has 2 aromatic rings. The molecular weight excluding hydrogens is 276 g/mol. The first-order chi connectivity index (χ1) is 9.19. The number of imidazole rings is 1. The second kappa shape index (κ2) is 5.70. The molecule has 1 aliphatic carbocycles. The summed E-state index contributed by atoms with van der Waals surface area (Å²) >= 11 is 0. The van der Waals surface area contributed by atoms with Crippen molar-refractivity contribution in [1.82, 2.24) is 9.55 Å². The van der Waals surface area contributed by atoms with Crippen molar-refractivity contribution in [3.63, 3.8) is 0 Å². The Morgan fingerprint density at radius 1 is 1.30 bits per heavy atom. The highest BCUT2D eigenvalue weighted by Gasteiger charge is 2.23. The van der Waals surface area contributed by atoms with Crippen molar-refractivity contribution in [2.45, 2.75) is 37.8 Å². The first-order valence-electron chi connectivity index (χ1n) is 6.59. The number of rotatable bonds is 1. The van der Waals surface area contributed by atoms with Gasteiger partial charge in [-0.15, -0.1) is 12.4 Å². The van der Waals surface area contributed by atoms with Gasteiger partial charge in [0, 0.05) is 12.1 Å². The lowest BCUT2D eigenvalue weighted by Crippen LogP contribution is -2.31. The third-order valence-electron chi connectivity index (χ3n) is 3.95. The van der Waals surface area contributed by atoms with E-state index < -0.39 is 0 Å². The molecule has 0 saturated heterocycles. The van der Waals surface area contributed by atoms with E-state index in [1.54, 1.807) is 12.1 Å². The number of aromatic nitrogens is 2. The van der Waals surface area contributed by atoms with Crippen LogP contribution < -0.4 is 11.4 Å². The molecule has 106 valence electrons. The Morgan fingerprint density at radius 3 is 2.65 bits per heavy atom. The van der Waals surface area contributed by atoms with E-state index in [4.69, 9.17) is 11.0 Å². The van der Waals surface area contributed by atoms with Crippen molar-refractivity contribution in [3.05, 3.63) is 34.2 Å². The maximum atomic E-state index is 12.1. The second-order valence-electron chi connectivity index (χ2n) is 5.21. The van der Waals surface area contributed by atoms with Crippen LogP contribution >= 0.6 is 12.4 Å². The van der Waals surface area contributed by atoms with E-state index in [1.165, 1.54) is 0 Å². The standard InChI is InChI=1S/C14H16N4O.ClH/c15-8-9-1-6-13-12(7-9)17-14(19)18(13)11-4-2-10(16)3-5-11;/h1,6-7,10-11H,2-5,16H2,(H,17,19);1H. The zero-order chi connectivity index (χ0) is 13.4. The number of fused-ring (bicyclic) bond motifs is 1. The fourth-order valence-corrected chi connectivity index (χ4v) is 2.92. The maximum absolute atomic E-state index is 12.1. The molecule has 1 aromatic carbocycles. The predicted molar refractivity (Wildman–Crippen MR) is 80.0 cm³/mol. The van der Waals surface area contributed by atoms with Crippen molar-refractivity contribution in [3.8, 4) is 6.07 Å². The molecule has 0 atom stereocenters. The van der Waals surface area contributed by atoms with Gasteiger partial charge in [0.15, 0.2) is 0 Å². The molecule has 3 rings (SSSR count). The summed E-state index contributed by atoms with van der Waals surface area (Å²) < 4.78 is 1.82. The smallest absolute Gasteiger partial charge is 0.326 e. The highest BCUT2D eigenvalue weighted by atomic mass is 35.5. The largest absolute Gasteiger partial charge is 0.328 e. The van der Waals surface area contributed by atoms with Crippen LogP contribution in [0.15, 0.2) is 23.0 Å². The third-order valence-corrected chi connectivity index (χ3v) is 3.95. The Bertz CT molecular complexity index is 704. The Balaban J connectivity index is 0.00000147. The van der Waals surface area contributed by atoms with Gasteiger partial charge in [-0.05, 0) is 43.9 Å². The Hall–Kier alpha value is -1.77.